The molecule has 1 aliphatic rings. The predicted molar refractivity (Wildman–Crippen MR) is 124 cm³/mol. The molecule has 0 aromatic heterocycles. The Labute approximate surface area is 190 Å². The van der Waals surface area contributed by atoms with Gasteiger partial charge in [0.25, 0.3) is 0 Å². The number of methoxy groups -OCH3 is 2. The molecule has 1 heterocycles. The number of hydrogen-bond acceptors (Lipinski definition) is 5. The Morgan fingerprint density at radius 2 is 2.03 bits per heavy atom. The number of thioether (sulfide) groups is 1. The van der Waals surface area contributed by atoms with Gasteiger partial charge in [0, 0.05) is 29.2 Å². The van der Waals surface area contributed by atoms with Gasteiger partial charge in [0.1, 0.15) is 0 Å². The van der Waals surface area contributed by atoms with Crippen LogP contribution in [0.5, 0.6) is 11.5 Å². The van der Waals surface area contributed by atoms with Crippen LogP contribution in [-0.4, -0.2) is 43.0 Å². The number of carbonyl (C=O) groups is 2. The van der Waals surface area contributed by atoms with Gasteiger partial charge in [-0.15, -0.1) is 18.3 Å². The lowest BCUT2D eigenvalue weighted by molar-refractivity contribution is -0.137. The number of carboxylic acid groups (broad SMARTS) is 1. The van der Waals surface area contributed by atoms with Crippen LogP contribution >= 0.6 is 23.4 Å². The molecule has 8 heteroatoms. The Morgan fingerprint density at radius 3 is 2.68 bits per heavy atom. The van der Waals surface area contributed by atoms with Crippen LogP contribution in [0.25, 0.3) is 0 Å². The molecule has 2 aromatic carbocycles. The first-order valence-electron chi connectivity index (χ1n) is 9.71. The number of hydrogen-bond donors (Lipinski definition) is 1. The van der Waals surface area contributed by atoms with Crippen LogP contribution in [-0.2, 0) is 9.59 Å². The summed E-state index contributed by atoms with van der Waals surface area (Å²) < 4.78 is 11.1. The lowest BCUT2D eigenvalue weighted by Crippen LogP contribution is -2.37. The molecule has 3 rings (SSSR count). The number of aliphatic carboxylic acids is 1. The minimum Gasteiger partial charge on any atom is -0.493 e. The van der Waals surface area contributed by atoms with Crippen LogP contribution < -0.4 is 14.4 Å². The SMILES string of the molecule is C=CCN1C(=O)[C@H](CCC(=O)O)S[C@@H](c2cccc(OC)c2OC)c2cc(Cl)ccc21. The molecular formula is C23H24ClNO5S. The van der Waals surface area contributed by atoms with Crippen molar-refractivity contribution in [2.24, 2.45) is 0 Å². The van der Waals surface area contributed by atoms with Crippen molar-refractivity contribution in [3.05, 3.63) is 65.2 Å². The van der Waals surface area contributed by atoms with Gasteiger partial charge in [-0.25, -0.2) is 0 Å². The third-order valence-electron chi connectivity index (χ3n) is 5.05. The van der Waals surface area contributed by atoms with E-state index in [1.807, 2.05) is 24.3 Å². The fourth-order valence-electron chi connectivity index (χ4n) is 3.69. The highest BCUT2D eigenvalue weighted by molar-refractivity contribution is 8.01. The molecule has 1 amide bonds. The highest BCUT2D eigenvalue weighted by atomic mass is 35.5. The molecule has 0 bridgehead atoms. The van der Waals surface area contributed by atoms with Gasteiger partial charge >= 0.3 is 5.97 Å². The van der Waals surface area contributed by atoms with Crippen molar-refractivity contribution in [3.63, 3.8) is 0 Å². The second-order valence-electron chi connectivity index (χ2n) is 6.96. The number of benzene rings is 2. The number of halogens is 1. The van der Waals surface area contributed by atoms with Gasteiger partial charge < -0.3 is 19.5 Å². The van der Waals surface area contributed by atoms with E-state index in [9.17, 15) is 14.7 Å². The topological polar surface area (TPSA) is 76.1 Å². The lowest BCUT2D eigenvalue weighted by atomic mass is 10.00. The van der Waals surface area contributed by atoms with Crippen LogP contribution in [0.1, 0.15) is 29.2 Å². The summed E-state index contributed by atoms with van der Waals surface area (Å²) in [7, 11) is 3.14. The third-order valence-corrected chi connectivity index (χ3v) is 6.83. The zero-order chi connectivity index (χ0) is 22.5. The van der Waals surface area contributed by atoms with Gasteiger partial charge in [-0.2, -0.15) is 0 Å². The number of ether oxygens (including phenoxy) is 2. The zero-order valence-electron chi connectivity index (χ0n) is 17.3. The molecule has 0 fully saturated rings. The molecule has 2 atom stereocenters. The largest absolute Gasteiger partial charge is 0.493 e. The Bertz CT molecular complexity index is 996. The molecular weight excluding hydrogens is 438 g/mol. The summed E-state index contributed by atoms with van der Waals surface area (Å²) in [6, 6.07) is 11.0. The predicted octanol–water partition coefficient (Wildman–Crippen LogP) is 4.95. The molecule has 0 radical (unpaired) electrons. The number of rotatable bonds is 8. The first-order valence-corrected chi connectivity index (χ1v) is 11.0. The Hall–Kier alpha value is -2.64. The number of amides is 1. The minimum atomic E-state index is -0.941. The normalized spacial score (nSPS) is 18.2. The summed E-state index contributed by atoms with van der Waals surface area (Å²) in [4.78, 5) is 26.3. The summed E-state index contributed by atoms with van der Waals surface area (Å²) >= 11 is 7.75. The average molecular weight is 462 g/mol. The van der Waals surface area contributed by atoms with Crippen molar-refractivity contribution in [2.45, 2.75) is 23.3 Å². The summed E-state index contributed by atoms with van der Waals surface area (Å²) in [6.07, 6.45) is 1.75. The van der Waals surface area contributed by atoms with E-state index in [2.05, 4.69) is 6.58 Å². The van der Waals surface area contributed by atoms with E-state index in [1.165, 1.54) is 11.8 Å². The van der Waals surface area contributed by atoms with E-state index in [0.717, 1.165) is 16.8 Å². The van der Waals surface area contributed by atoms with Crippen molar-refractivity contribution < 1.29 is 24.2 Å². The number of carboxylic acids is 1. The maximum Gasteiger partial charge on any atom is 0.303 e. The molecule has 1 aliphatic heterocycles. The standard InChI is InChI=1S/C23H24ClNO5S/c1-4-12-25-17-9-8-14(24)13-16(17)22(31-19(23(25)28)10-11-20(26)27)15-6-5-7-18(29-2)21(15)30-3/h4-9,13,19,22H,1,10-12H2,2-3H3,(H,26,27)/t19-,22-/m0/s1. The highest BCUT2D eigenvalue weighted by Gasteiger charge is 2.37. The number of carbonyl (C=O) groups excluding carboxylic acids is 1. The number of nitrogens with zero attached hydrogens (tertiary/aromatic N) is 1. The van der Waals surface area contributed by atoms with Gasteiger partial charge in [0.05, 0.1) is 24.7 Å². The smallest absolute Gasteiger partial charge is 0.303 e. The van der Waals surface area contributed by atoms with Crippen molar-refractivity contribution in [3.8, 4) is 11.5 Å². The summed E-state index contributed by atoms with van der Waals surface area (Å²) in [6.45, 7) is 4.08. The minimum absolute atomic E-state index is 0.107. The summed E-state index contributed by atoms with van der Waals surface area (Å²) in [5, 5.41) is 8.86. The van der Waals surface area contributed by atoms with Crippen molar-refractivity contribution in [2.75, 3.05) is 25.7 Å². The van der Waals surface area contributed by atoms with Crippen molar-refractivity contribution in [1.82, 2.24) is 0 Å². The maximum absolute atomic E-state index is 13.4. The Kier molecular flexibility index (Phi) is 7.51. The second kappa shape index (κ2) is 10.1. The third kappa shape index (κ3) is 4.83. The van der Waals surface area contributed by atoms with Crippen LogP contribution in [0, 0.1) is 0 Å². The lowest BCUT2D eigenvalue weighted by Gasteiger charge is -2.24. The van der Waals surface area contributed by atoms with E-state index in [1.54, 1.807) is 37.3 Å². The molecule has 6 nitrogen and oxygen atoms in total. The van der Waals surface area contributed by atoms with Crippen LogP contribution in [0.4, 0.5) is 5.69 Å². The second-order valence-corrected chi connectivity index (χ2v) is 8.71. The van der Waals surface area contributed by atoms with Gasteiger partial charge in [-0.3, -0.25) is 9.59 Å². The monoisotopic (exact) mass is 461 g/mol. The van der Waals surface area contributed by atoms with E-state index < -0.39 is 11.2 Å². The first kappa shape index (κ1) is 23.0. The van der Waals surface area contributed by atoms with Gasteiger partial charge in [0.15, 0.2) is 11.5 Å². The number of anilines is 1. The van der Waals surface area contributed by atoms with E-state index in [4.69, 9.17) is 21.1 Å². The van der Waals surface area contributed by atoms with Gasteiger partial charge in [0.2, 0.25) is 5.91 Å². The first-order chi connectivity index (χ1) is 14.9. The molecule has 2 aromatic rings. The van der Waals surface area contributed by atoms with Crippen LogP contribution in [0.2, 0.25) is 5.02 Å². The molecule has 0 aliphatic carbocycles. The Balaban J connectivity index is 2.22. The van der Waals surface area contributed by atoms with Crippen molar-refractivity contribution in [1.29, 1.82) is 0 Å². The molecule has 0 saturated heterocycles. The number of para-hydroxylation sites is 1. The van der Waals surface area contributed by atoms with Crippen LogP contribution in [0.15, 0.2) is 49.1 Å². The zero-order valence-corrected chi connectivity index (χ0v) is 18.9. The Morgan fingerprint density at radius 1 is 1.26 bits per heavy atom. The quantitative estimate of drug-likeness (QED) is 0.561. The maximum atomic E-state index is 13.4. The fourth-order valence-corrected chi connectivity index (χ4v) is 5.37. The number of fused-ring (bicyclic) bond motifs is 1. The van der Waals surface area contributed by atoms with E-state index in [0.29, 0.717) is 23.1 Å². The van der Waals surface area contributed by atoms with Gasteiger partial charge in [-0.05, 0) is 36.2 Å². The summed E-state index contributed by atoms with van der Waals surface area (Å²) in [5.74, 6) is 0.0443. The van der Waals surface area contributed by atoms with E-state index >= 15 is 0 Å². The molecule has 0 spiro atoms. The molecule has 1 N–H and O–H groups in total. The molecule has 0 unspecified atom stereocenters. The molecule has 0 saturated carbocycles. The van der Waals surface area contributed by atoms with Gasteiger partial charge in [-0.1, -0.05) is 29.8 Å². The van der Waals surface area contributed by atoms with Crippen molar-refractivity contribution >= 4 is 40.9 Å². The van der Waals surface area contributed by atoms with Crippen LogP contribution in [0.3, 0.4) is 0 Å². The summed E-state index contributed by atoms with van der Waals surface area (Å²) in [5.41, 5.74) is 2.38. The molecule has 31 heavy (non-hydrogen) atoms. The molecule has 164 valence electrons. The highest BCUT2D eigenvalue weighted by Crippen LogP contribution is 2.51. The average Bonchev–Trinajstić information content (AvgIpc) is 2.87. The fraction of sp³-hybridized carbons (Fsp3) is 0.304. The van der Waals surface area contributed by atoms with E-state index in [-0.39, 0.29) is 24.0 Å².